The van der Waals surface area contributed by atoms with E-state index in [4.69, 9.17) is 4.74 Å². The summed E-state index contributed by atoms with van der Waals surface area (Å²) in [6, 6.07) is 17.8. The molecule has 0 atom stereocenters. The lowest BCUT2D eigenvalue weighted by atomic mass is 10.1. The summed E-state index contributed by atoms with van der Waals surface area (Å²) in [5, 5.41) is 6.10. The first kappa shape index (κ1) is 20.3. The van der Waals surface area contributed by atoms with Gasteiger partial charge in [0.25, 0.3) is 5.91 Å². The SMILES string of the molecule is COc1ccc(CCNc2ccc(C(=O)NCCc3ccc(F)cc3)cn2)cc1. The first-order valence-electron chi connectivity index (χ1n) is 9.49. The molecule has 0 radical (unpaired) electrons. The molecule has 0 aliphatic rings. The normalized spacial score (nSPS) is 10.4. The largest absolute Gasteiger partial charge is 0.497 e. The monoisotopic (exact) mass is 393 g/mol. The molecule has 0 saturated heterocycles. The molecule has 29 heavy (non-hydrogen) atoms. The van der Waals surface area contributed by atoms with Crippen molar-refractivity contribution >= 4 is 11.7 Å². The van der Waals surface area contributed by atoms with Gasteiger partial charge in [0.15, 0.2) is 0 Å². The van der Waals surface area contributed by atoms with Crippen molar-refractivity contribution in [2.45, 2.75) is 12.8 Å². The maximum atomic E-state index is 12.9. The average molecular weight is 393 g/mol. The molecule has 1 aromatic heterocycles. The Kier molecular flexibility index (Phi) is 7.16. The van der Waals surface area contributed by atoms with Gasteiger partial charge >= 0.3 is 0 Å². The number of carbonyl (C=O) groups is 1. The van der Waals surface area contributed by atoms with Crippen LogP contribution in [0.2, 0.25) is 0 Å². The second-order valence-corrected chi connectivity index (χ2v) is 6.59. The first-order valence-corrected chi connectivity index (χ1v) is 9.49. The zero-order chi connectivity index (χ0) is 20.5. The van der Waals surface area contributed by atoms with Gasteiger partial charge in [-0.15, -0.1) is 0 Å². The topological polar surface area (TPSA) is 63.2 Å². The Hall–Kier alpha value is -3.41. The van der Waals surface area contributed by atoms with Crippen LogP contribution in [0.15, 0.2) is 66.9 Å². The van der Waals surface area contributed by atoms with Crippen LogP contribution in [0.3, 0.4) is 0 Å². The summed E-state index contributed by atoms with van der Waals surface area (Å²) in [5.41, 5.74) is 2.68. The number of benzene rings is 2. The second kappa shape index (κ2) is 10.2. The molecule has 0 unspecified atom stereocenters. The lowest BCUT2D eigenvalue weighted by Gasteiger charge is -2.08. The van der Waals surface area contributed by atoms with E-state index in [2.05, 4.69) is 15.6 Å². The molecule has 5 nitrogen and oxygen atoms in total. The Bertz CT molecular complexity index is 910. The molecule has 0 bridgehead atoms. The van der Waals surface area contributed by atoms with Crippen LogP contribution >= 0.6 is 0 Å². The third-order valence-electron chi connectivity index (χ3n) is 4.52. The summed E-state index contributed by atoms with van der Waals surface area (Å²) >= 11 is 0. The maximum absolute atomic E-state index is 12.9. The van der Waals surface area contributed by atoms with Crippen molar-refractivity contribution in [2.24, 2.45) is 0 Å². The summed E-state index contributed by atoms with van der Waals surface area (Å²) in [6.07, 6.45) is 3.06. The van der Waals surface area contributed by atoms with Gasteiger partial charge in [-0.25, -0.2) is 9.37 Å². The Labute approximate surface area is 169 Å². The number of rotatable bonds is 9. The van der Waals surface area contributed by atoms with E-state index in [9.17, 15) is 9.18 Å². The molecule has 150 valence electrons. The van der Waals surface area contributed by atoms with Gasteiger partial charge in [-0.05, 0) is 60.4 Å². The Morgan fingerprint density at radius 3 is 2.21 bits per heavy atom. The molecule has 0 spiro atoms. The highest BCUT2D eigenvalue weighted by Crippen LogP contribution is 2.12. The van der Waals surface area contributed by atoms with E-state index < -0.39 is 0 Å². The summed E-state index contributed by atoms with van der Waals surface area (Å²) < 4.78 is 18.0. The summed E-state index contributed by atoms with van der Waals surface area (Å²) in [7, 11) is 1.65. The van der Waals surface area contributed by atoms with Crippen molar-refractivity contribution in [2.75, 3.05) is 25.5 Å². The lowest BCUT2D eigenvalue weighted by Crippen LogP contribution is -2.25. The zero-order valence-electron chi connectivity index (χ0n) is 16.3. The number of aromatic nitrogens is 1. The number of anilines is 1. The van der Waals surface area contributed by atoms with E-state index in [1.165, 1.54) is 17.7 Å². The van der Waals surface area contributed by atoms with E-state index in [1.54, 1.807) is 37.6 Å². The minimum absolute atomic E-state index is 0.176. The van der Waals surface area contributed by atoms with Gasteiger partial charge < -0.3 is 15.4 Å². The third-order valence-corrected chi connectivity index (χ3v) is 4.52. The van der Waals surface area contributed by atoms with E-state index in [0.29, 0.717) is 18.5 Å². The molecule has 0 fully saturated rings. The van der Waals surface area contributed by atoms with E-state index in [1.807, 2.05) is 24.3 Å². The van der Waals surface area contributed by atoms with Gasteiger partial charge in [0, 0.05) is 19.3 Å². The Morgan fingerprint density at radius 2 is 1.59 bits per heavy atom. The molecule has 0 aliphatic heterocycles. The van der Waals surface area contributed by atoms with Crippen LogP contribution in [0.4, 0.5) is 10.2 Å². The number of carbonyl (C=O) groups excluding carboxylic acids is 1. The van der Waals surface area contributed by atoms with Crippen molar-refractivity contribution in [3.63, 3.8) is 0 Å². The Morgan fingerprint density at radius 1 is 0.931 bits per heavy atom. The van der Waals surface area contributed by atoms with Crippen molar-refractivity contribution in [3.05, 3.63) is 89.4 Å². The Balaban J connectivity index is 1.41. The quantitative estimate of drug-likeness (QED) is 0.580. The molecule has 6 heteroatoms. The fraction of sp³-hybridized carbons (Fsp3) is 0.217. The van der Waals surface area contributed by atoms with Crippen molar-refractivity contribution in [3.8, 4) is 5.75 Å². The number of ether oxygens (including phenoxy) is 1. The molecule has 2 N–H and O–H groups in total. The summed E-state index contributed by atoms with van der Waals surface area (Å²) in [4.78, 5) is 16.5. The number of nitrogens with one attached hydrogen (secondary N) is 2. The van der Waals surface area contributed by atoms with Gasteiger partial charge in [0.1, 0.15) is 17.4 Å². The second-order valence-electron chi connectivity index (χ2n) is 6.59. The van der Waals surface area contributed by atoms with Crippen molar-refractivity contribution in [1.29, 1.82) is 0 Å². The number of amides is 1. The van der Waals surface area contributed by atoms with E-state index >= 15 is 0 Å². The van der Waals surface area contributed by atoms with Crippen LogP contribution in [0.5, 0.6) is 5.75 Å². The molecule has 1 heterocycles. The van der Waals surface area contributed by atoms with Crippen LogP contribution < -0.4 is 15.4 Å². The van der Waals surface area contributed by atoms with Crippen molar-refractivity contribution < 1.29 is 13.9 Å². The van der Waals surface area contributed by atoms with Gasteiger partial charge in [0.2, 0.25) is 0 Å². The van der Waals surface area contributed by atoms with E-state index in [0.717, 1.165) is 30.1 Å². The van der Waals surface area contributed by atoms with Gasteiger partial charge in [-0.1, -0.05) is 24.3 Å². The predicted molar refractivity (Wildman–Crippen MR) is 112 cm³/mol. The number of pyridine rings is 1. The number of halogens is 1. The molecule has 3 rings (SSSR count). The maximum Gasteiger partial charge on any atom is 0.252 e. The standard InChI is InChI=1S/C23H24FN3O2/c1-29-21-9-4-18(5-10-21)12-14-25-22-11-6-19(16-27-22)23(28)26-15-13-17-2-7-20(24)8-3-17/h2-11,16H,12-15H2,1H3,(H,25,27)(H,26,28). The number of methoxy groups -OCH3 is 1. The number of hydrogen-bond acceptors (Lipinski definition) is 4. The van der Waals surface area contributed by atoms with Crippen LogP contribution in [0.25, 0.3) is 0 Å². The highest BCUT2D eigenvalue weighted by molar-refractivity contribution is 5.94. The van der Waals surface area contributed by atoms with Gasteiger partial charge in [-0.3, -0.25) is 4.79 Å². The number of nitrogens with zero attached hydrogens (tertiary/aromatic N) is 1. The number of hydrogen-bond donors (Lipinski definition) is 2. The molecule has 3 aromatic rings. The average Bonchev–Trinajstić information content (AvgIpc) is 2.76. The summed E-state index contributed by atoms with van der Waals surface area (Å²) in [5.74, 6) is 1.13. The smallest absolute Gasteiger partial charge is 0.252 e. The lowest BCUT2D eigenvalue weighted by molar-refractivity contribution is 0.0954. The molecular weight excluding hydrogens is 369 g/mol. The van der Waals surface area contributed by atoms with Crippen LogP contribution in [-0.2, 0) is 12.8 Å². The third kappa shape index (κ3) is 6.31. The molecule has 0 aliphatic carbocycles. The molecule has 2 aromatic carbocycles. The molecular formula is C23H24FN3O2. The minimum atomic E-state index is -0.262. The summed E-state index contributed by atoms with van der Waals surface area (Å²) in [6.45, 7) is 1.22. The van der Waals surface area contributed by atoms with Crippen LogP contribution in [0, 0.1) is 5.82 Å². The van der Waals surface area contributed by atoms with Crippen molar-refractivity contribution in [1.82, 2.24) is 10.3 Å². The van der Waals surface area contributed by atoms with E-state index in [-0.39, 0.29) is 11.7 Å². The first-order chi connectivity index (χ1) is 14.1. The molecule has 1 amide bonds. The minimum Gasteiger partial charge on any atom is -0.497 e. The fourth-order valence-electron chi connectivity index (χ4n) is 2.83. The molecule has 0 saturated carbocycles. The predicted octanol–water partition coefficient (Wildman–Crippen LogP) is 3.86. The highest BCUT2D eigenvalue weighted by Gasteiger charge is 2.06. The van der Waals surface area contributed by atoms with Gasteiger partial charge in [-0.2, -0.15) is 0 Å². The van der Waals surface area contributed by atoms with Crippen LogP contribution in [0.1, 0.15) is 21.5 Å². The zero-order valence-corrected chi connectivity index (χ0v) is 16.3. The van der Waals surface area contributed by atoms with Crippen LogP contribution in [-0.4, -0.2) is 31.1 Å². The van der Waals surface area contributed by atoms with Gasteiger partial charge in [0.05, 0.1) is 12.7 Å². The fourth-order valence-corrected chi connectivity index (χ4v) is 2.83. The highest BCUT2D eigenvalue weighted by atomic mass is 19.1.